The van der Waals surface area contributed by atoms with E-state index >= 15 is 0 Å². The van der Waals surface area contributed by atoms with Crippen molar-refractivity contribution in [2.75, 3.05) is 8.85 Å². The quantitative estimate of drug-likeness (QED) is 0.442. The third-order valence-corrected chi connectivity index (χ3v) is 4.64. The zero-order chi connectivity index (χ0) is 11.1. The fourth-order valence-electron chi connectivity index (χ4n) is 1.78. The molecule has 16 heavy (non-hydrogen) atoms. The lowest BCUT2D eigenvalue weighted by molar-refractivity contribution is 1.27. The summed E-state index contributed by atoms with van der Waals surface area (Å²) in [6, 6.07) is 14.4. The summed E-state index contributed by atoms with van der Waals surface area (Å²) in [6.45, 7) is 0. The highest BCUT2D eigenvalue weighted by atomic mass is 127. The molecule has 1 heterocycles. The predicted octanol–water partition coefficient (Wildman–Crippen LogP) is 4.22. The van der Waals surface area contributed by atoms with Crippen LogP contribution in [-0.2, 0) is 0 Å². The molecule has 0 saturated heterocycles. The Morgan fingerprint density at radius 2 is 1.75 bits per heavy atom. The van der Waals surface area contributed by atoms with Crippen molar-refractivity contribution in [3.05, 3.63) is 42.5 Å². The van der Waals surface area contributed by atoms with Crippen LogP contribution >= 0.6 is 34.6 Å². The second-order valence-corrected chi connectivity index (χ2v) is 5.59. The summed E-state index contributed by atoms with van der Waals surface area (Å²) in [4.78, 5) is 2.49. The maximum absolute atomic E-state index is 6.03. The molecular formula is C12H9IN2S. The Balaban J connectivity index is 2.23. The molecule has 0 aliphatic carbocycles. The summed E-state index contributed by atoms with van der Waals surface area (Å²) in [5.74, 6) is 0. The number of nitrogens with zero attached hydrogens (tertiary/aromatic N) is 1. The Kier molecular flexibility index (Phi) is 2.48. The van der Waals surface area contributed by atoms with E-state index in [2.05, 4.69) is 56.3 Å². The molecule has 0 radical (unpaired) electrons. The van der Waals surface area contributed by atoms with Gasteiger partial charge in [0.25, 0.3) is 0 Å². The van der Waals surface area contributed by atoms with Gasteiger partial charge in [-0.25, -0.2) is 0 Å². The van der Waals surface area contributed by atoms with Gasteiger partial charge in [-0.2, -0.15) is 0 Å². The molecule has 0 saturated carbocycles. The second-order valence-electron chi connectivity index (χ2n) is 3.54. The first kappa shape index (κ1) is 10.3. The largest absolute Gasteiger partial charge is 0.397 e. The van der Waals surface area contributed by atoms with Gasteiger partial charge in [-0.1, -0.05) is 30.0 Å². The molecule has 0 fully saturated rings. The Hall–Kier alpha value is -0.880. The van der Waals surface area contributed by atoms with Gasteiger partial charge in [0.1, 0.15) is 0 Å². The van der Waals surface area contributed by atoms with Crippen LogP contribution in [0.3, 0.4) is 0 Å². The first-order valence-corrected chi connectivity index (χ1v) is 6.67. The Bertz CT molecular complexity index is 556. The predicted molar refractivity (Wildman–Crippen MR) is 77.6 cm³/mol. The topological polar surface area (TPSA) is 29.3 Å². The molecule has 4 heteroatoms. The van der Waals surface area contributed by atoms with E-state index in [4.69, 9.17) is 5.73 Å². The van der Waals surface area contributed by atoms with Gasteiger partial charge in [-0.3, -0.25) is 3.11 Å². The normalized spacial score (nSPS) is 13.2. The highest BCUT2D eigenvalue weighted by Crippen LogP contribution is 2.51. The Morgan fingerprint density at radius 1 is 1.00 bits per heavy atom. The maximum atomic E-state index is 6.03. The third kappa shape index (κ3) is 1.48. The van der Waals surface area contributed by atoms with E-state index in [1.54, 1.807) is 11.8 Å². The highest BCUT2D eigenvalue weighted by molar-refractivity contribution is 14.1. The second kappa shape index (κ2) is 3.85. The van der Waals surface area contributed by atoms with Crippen LogP contribution in [0.15, 0.2) is 52.3 Å². The van der Waals surface area contributed by atoms with Gasteiger partial charge in [0.2, 0.25) is 0 Å². The molecule has 2 N–H and O–H groups in total. The minimum Gasteiger partial charge on any atom is -0.397 e. The van der Waals surface area contributed by atoms with Crippen molar-refractivity contribution < 1.29 is 0 Å². The molecule has 0 aromatic heterocycles. The molecular weight excluding hydrogens is 331 g/mol. The van der Waals surface area contributed by atoms with Crippen molar-refractivity contribution in [2.24, 2.45) is 0 Å². The molecule has 3 rings (SSSR count). The zero-order valence-corrected chi connectivity index (χ0v) is 11.3. The number of nitrogens with two attached hydrogens (primary N) is 1. The molecule has 1 aliphatic rings. The molecule has 0 unspecified atom stereocenters. The van der Waals surface area contributed by atoms with E-state index in [0.717, 1.165) is 11.4 Å². The summed E-state index contributed by atoms with van der Waals surface area (Å²) in [6.07, 6.45) is 0. The lowest BCUT2D eigenvalue weighted by atomic mass is 10.2. The molecule has 0 spiro atoms. The number of para-hydroxylation sites is 2. The van der Waals surface area contributed by atoms with Gasteiger partial charge in [-0.15, -0.1) is 0 Å². The number of halogens is 1. The molecule has 0 bridgehead atoms. The smallest absolute Gasteiger partial charge is 0.0879 e. The van der Waals surface area contributed by atoms with Crippen molar-refractivity contribution in [2.45, 2.75) is 9.79 Å². The number of nitrogen functional groups attached to an aromatic ring is 1. The SMILES string of the molecule is Nc1cccc2c1N(I)c1ccccc1S2. The van der Waals surface area contributed by atoms with Gasteiger partial charge in [0.15, 0.2) is 0 Å². The lowest BCUT2D eigenvalue weighted by Crippen LogP contribution is -2.09. The molecule has 0 amide bonds. The van der Waals surface area contributed by atoms with E-state index in [1.807, 2.05) is 12.1 Å². The van der Waals surface area contributed by atoms with Gasteiger partial charge in [0, 0.05) is 9.79 Å². The molecule has 2 aromatic carbocycles. The summed E-state index contributed by atoms with van der Waals surface area (Å²) < 4.78 is 2.13. The summed E-state index contributed by atoms with van der Waals surface area (Å²) in [7, 11) is 0. The summed E-state index contributed by atoms with van der Waals surface area (Å²) in [5, 5.41) is 0. The van der Waals surface area contributed by atoms with Gasteiger partial charge in [-0.05, 0) is 24.3 Å². The summed E-state index contributed by atoms with van der Waals surface area (Å²) >= 11 is 4.08. The zero-order valence-electron chi connectivity index (χ0n) is 8.35. The van der Waals surface area contributed by atoms with Crippen LogP contribution in [-0.4, -0.2) is 0 Å². The fraction of sp³-hybridized carbons (Fsp3) is 0. The molecule has 1 aliphatic heterocycles. The number of anilines is 3. The van der Waals surface area contributed by atoms with Gasteiger partial charge >= 0.3 is 0 Å². The van der Waals surface area contributed by atoms with Gasteiger partial charge in [0.05, 0.1) is 39.9 Å². The van der Waals surface area contributed by atoms with E-state index in [9.17, 15) is 0 Å². The van der Waals surface area contributed by atoms with Crippen molar-refractivity contribution in [1.29, 1.82) is 0 Å². The highest BCUT2D eigenvalue weighted by Gasteiger charge is 2.22. The molecule has 2 nitrogen and oxygen atoms in total. The Morgan fingerprint density at radius 3 is 2.62 bits per heavy atom. The average Bonchev–Trinajstić information content (AvgIpc) is 2.29. The summed E-state index contributed by atoms with van der Waals surface area (Å²) in [5.41, 5.74) is 9.17. The molecule has 80 valence electrons. The fourth-order valence-corrected chi connectivity index (χ4v) is 4.16. The minimum atomic E-state index is 0.828. The van der Waals surface area contributed by atoms with Gasteiger partial charge < -0.3 is 5.73 Å². The first-order chi connectivity index (χ1) is 7.77. The van der Waals surface area contributed by atoms with Crippen LogP contribution in [0.25, 0.3) is 0 Å². The maximum Gasteiger partial charge on any atom is 0.0879 e. The van der Waals surface area contributed by atoms with Crippen LogP contribution in [0, 0.1) is 0 Å². The Labute approximate surface area is 112 Å². The standard InChI is InChI=1S/C12H9IN2S/c13-15-9-5-1-2-6-10(9)16-11-7-3-4-8(14)12(11)15/h1-7H,14H2. The van der Waals surface area contributed by atoms with E-state index in [1.165, 1.54) is 15.5 Å². The van der Waals surface area contributed by atoms with Crippen molar-refractivity contribution in [1.82, 2.24) is 0 Å². The van der Waals surface area contributed by atoms with Crippen LogP contribution in [0.1, 0.15) is 0 Å². The van der Waals surface area contributed by atoms with Crippen LogP contribution in [0.4, 0.5) is 17.1 Å². The number of benzene rings is 2. The average molecular weight is 340 g/mol. The number of hydrogen-bond acceptors (Lipinski definition) is 3. The van der Waals surface area contributed by atoms with E-state index < -0.39 is 0 Å². The monoisotopic (exact) mass is 340 g/mol. The van der Waals surface area contributed by atoms with E-state index in [0.29, 0.717) is 0 Å². The van der Waals surface area contributed by atoms with Crippen LogP contribution < -0.4 is 8.85 Å². The van der Waals surface area contributed by atoms with E-state index in [-0.39, 0.29) is 0 Å². The molecule has 0 atom stereocenters. The van der Waals surface area contributed by atoms with Crippen molar-refractivity contribution in [3.63, 3.8) is 0 Å². The first-order valence-electron chi connectivity index (χ1n) is 4.88. The van der Waals surface area contributed by atoms with Crippen LogP contribution in [0.2, 0.25) is 0 Å². The lowest BCUT2D eigenvalue weighted by Gasteiger charge is -2.28. The third-order valence-electron chi connectivity index (χ3n) is 2.52. The molecule has 2 aromatic rings. The van der Waals surface area contributed by atoms with Crippen molar-refractivity contribution >= 4 is 51.7 Å². The number of fused-ring (bicyclic) bond motifs is 2. The minimum absolute atomic E-state index is 0.828. The number of rotatable bonds is 0. The number of hydrogen-bond donors (Lipinski definition) is 1. The van der Waals surface area contributed by atoms with Crippen molar-refractivity contribution in [3.8, 4) is 0 Å². The van der Waals surface area contributed by atoms with Crippen LogP contribution in [0.5, 0.6) is 0 Å².